The van der Waals surface area contributed by atoms with Crippen molar-refractivity contribution < 1.29 is 28.1 Å². The summed E-state index contributed by atoms with van der Waals surface area (Å²) in [7, 11) is 0. The number of nitrogens with zero attached hydrogens (tertiary/aromatic N) is 3. The fraction of sp³-hybridized carbons (Fsp3) is 1.00. The molecule has 0 fully saturated rings. The SMILES string of the molecule is CC(C)(CO)N=[N+]=[N-].F.FF.FF. The van der Waals surface area contributed by atoms with Crippen molar-refractivity contribution in [1.82, 2.24) is 0 Å². The predicted molar refractivity (Wildman–Crippen MR) is 37.2 cm³/mol. The topological polar surface area (TPSA) is 69.0 Å². The first-order valence-electron chi connectivity index (χ1n) is 2.58. The van der Waals surface area contributed by atoms with E-state index in [1.54, 1.807) is 13.8 Å². The second-order valence-corrected chi connectivity index (χ2v) is 2.16. The van der Waals surface area contributed by atoms with Crippen molar-refractivity contribution >= 4 is 0 Å². The van der Waals surface area contributed by atoms with E-state index < -0.39 is 5.54 Å². The molecule has 0 spiro atoms. The number of halogens is 5. The van der Waals surface area contributed by atoms with Gasteiger partial charge in [-0.3, -0.25) is 4.70 Å². The maximum absolute atomic E-state index is 8.46. The maximum atomic E-state index is 8.46. The van der Waals surface area contributed by atoms with Gasteiger partial charge in [-0.1, -0.05) is 19.0 Å². The van der Waals surface area contributed by atoms with E-state index in [-0.39, 0.29) is 11.3 Å². The molecule has 0 unspecified atom stereocenters. The van der Waals surface area contributed by atoms with Gasteiger partial charge in [0.15, 0.2) is 0 Å². The zero-order valence-electron chi connectivity index (χ0n) is 6.92. The standard InChI is InChI=1S/C4H9N3O.2F2.FH/c1-4(2,3-8)6-7-5;2*1-2;/h8H,3H2,1-2H3;;;1H. The molecule has 9 heteroatoms. The van der Waals surface area contributed by atoms with Crippen molar-refractivity contribution in [2.24, 2.45) is 5.11 Å². The Morgan fingerprint density at radius 3 is 1.69 bits per heavy atom. The van der Waals surface area contributed by atoms with E-state index in [1.807, 2.05) is 0 Å². The maximum Gasteiger partial charge on any atom is 0.0662 e. The monoisotopic (exact) mass is 211 g/mol. The van der Waals surface area contributed by atoms with Crippen LogP contribution in [-0.2, 0) is 0 Å². The van der Waals surface area contributed by atoms with Crippen molar-refractivity contribution in [1.29, 1.82) is 0 Å². The first kappa shape index (κ1) is 22.7. The number of azide groups is 1. The number of hydrogen-bond acceptors (Lipinski definition) is 2. The van der Waals surface area contributed by atoms with Crippen LogP contribution in [0.15, 0.2) is 5.11 Å². The average molecular weight is 211 g/mol. The van der Waals surface area contributed by atoms with Crippen molar-refractivity contribution in [3.05, 3.63) is 10.4 Å². The molecule has 0 aliphatic heterocycles. The second kappa shape index (κ2) is 17.1. The molecule has 13 heavy (non-hydrogen) atoms. The van der Waals surface area contributed by atoms with E-state index >= 15 is 0 Å². The Kier molecular flexibility index (Phi) is 29.9. The van der Waals surface area contributed by atoms with Gasteiger partial charge in [0.1, 0.15) is 0 Å². The fourth-order valence-corrected chi connectivity index (χ4v) is 0.153. The lowest BCUT2D eigenvalue weighted by atomic mass is 10.1. The molecule has 0 rings (SSSR count). The zero-order chi connectivity index (χ0) is 10.6. The number of hydrogen-bond donors (Lipinski definition) is 1. The van der Waals surface area contributed by atoms with Crippen LogP contribution in [0, 0.1) is 0 Å². The normalized spacial score (nSPS) is 7.31. The minimum Gasteiger partial charge on any atom is -0.396 e. The molecule has 0 aliphatic rings. The molecule has 0 saturated heterocycles. The molecule has 0 aromatic rings. The second-order valence-electron chi connectivity index (χ2n) is 2.16. The summed E-state index contributed by atoms with van der Waals surface area (Å²) in [4.78, 5) is 2.54. The Morgan fingerprint density at radius 2 is 1.62 bits per heavy atom. The van der Waals surface area contributed by atoms with Gasteiger partial charge in [-0.25, -0.2) is 0 Å². The fourth-order valence-electron chi connectivity index (χ4n) is 0.153. The quantitative estimate of drug-likeness (QED) is 0.324. The van der Waals surface area contributed by atoms with Crippen LogP contribution in [0.1, 0.15) is 13.8 Å². The molecule has 0 radical (unpaired) electrons. The van der Waals surface area contributed by atoms with E-state index in [4.69, 9.17) is 28.9 Å². The van der Waals surface area contributed by atoms with E-state index in [0.29, 0.717) is 0 Å². The lowest BCUT2D eigenvalue weighted by Gasteiger charge is -2.11. The Labute approximate surface area is 70.9 Å². The summed E-state index contributed by atoms with van der Waals surface area (Å²) in [5.41, 5.74) is 7.24. The zero-order valence-corrected chi connectivity index (χ0v) is 6.92. The van der Waals surface area contributed by atoms with Crippen LogP contribution < -0.4 is 0 Å². The van der Waals surface area contributed by atoms with E-state index in [1.165, 1.54) is 0 Å². The summed E-state index contributed by atoms with van der Waals surface area (Å²) in [6, 6.07) is 0. The molecule has 0 amide bonds. The van der Waals surface area contributed by atoms with Crippen molar-refractivity contribution in [3.8, 4) is 0 Å². The Bertz CT molecular complexity index is 127. The van der Waals surface area contributed by atoms with Crippen LogP contribution in [0.3, 0.4) is 0 Å². The molecule has 1 N–H and O–H groups in total. The molecule has 0 aromatic carbocycles. The predicted octanol–water partition coefficient (Wildman–Crippen LogP) is 2.90. The van der Waals surface area contributed by atoms with Gasteiger partial charge >= 0.3 is 0 Å². The smallest absolute Gasteiger partial charge is 0.0662 e. The van der Waals surface area contributed by atoms with Gasteiger partial charge in [0, 0.05) is 23.2 Å². The molecule has 0 aromatic heterocycles. The highest BCUT2D eigenvalue weighted by atomic mass is 20.0. The largest absolute Gasteiger partial charge is 0.396 e. The molecule has 0 saturated carbocycles. The van der Waals surface area contributed by atoms with Crippen molar-refractivity contribution in [2.75, 3.05) is 6.61 Å². The van der Waals surface area contributed by atoms with Gasteiger partial charge in [0.25, 0.3) is 0 Å². The molecular weight excluding hydrogens is 201 g/mol. The highest BCUT2D eigenvalue weighted by molar-refractivity contribution is 4.75. The van der Waals surface area contributed by atoms with Crippen molar-refractivity contribution in [2.45, 2.75) is 19.4 Å². The van der Waals surface area contributed by atoms with Crippen LogP contribution in [0.2, 0.25) is 0 Å². The lowest BCUT2D eigenvalue weighted by molar-refractivity contribution is 0.108. The lowest BCUT2D eigenvalue weighted by Crippen LogP contribution is -2.20. The number of rotatable bonds is 2. The number of aliphatic hydroxyl groups excluding tert-OH is 1. The molecule has 0 bridgehead atoms. The van der Waals surface area contributed by atoms with E-state index in [0.717, 1.165) is 0 Å². The third-order valence-electron chi connectivity index (χ3n) is 0.702. The Balaban J connectivity index is -0.0000000712. The van der Waals surface area contributed by atoms with Crippen LogP contribution >= 0.6 is 0 Å². The first-order chi connectivity index (χ1) is 5.62. The van der Waals surface area contributed by atoms with Gasteiger partial charge < -0.3 is 5.11 Å². The van der Waals surface area contributed by atoms with E-state index in [9.17, 15) is 0 Å². The van der Waals surface area contributed by atoms with Gasteiger partial charge in [-0.15, -0.1) is 0 Å². The van der Waals surface area contributed by atoms with Crippen LogP contribution in [0.4, 0.5) is 23.0 Å². The van der Waals surface area contributed by atoms with E-state index in [2.05, 4.69) is 10.0 Å². The highest BCUT2D eigenvalue weighted by Crippen LogP contribution is 2.05. The molecule has 0 atom stereocenters. The molecular formula is C4H10F5N3O. The highest BCUT2D eigenvalue weighted by Gasteiger charge is 2.11. The first-order valence-corrected chi connectivity index (χ1v) is 2.58. The van der Waals surface area contributed by atoms with Gasteiger partial charge in [0.05, 0.1) is 12.1 Å². The van der Waals surface area contributed by atoms with Crippen LogP contribution in [0.5, 0.6) is 0 Å². The molecule has 4 nitrogen and oxygen atoms in total. The van der Waals surface area contributed by atoms with Gasteiger partial charge in [-0.05, 0) is 5.53 Å². The van der Waals surface area contributed by atoms with Gasteiger partial charge in [0.2, 0.25) is 0 Å². The summed E-state index contributed by atoms with van der Waals surface area (Å²) in [6.45, 7) is 3.20. The molecule has 0 heterocycles. The van der Waals surface area contributed by atoms with Crippen LogP contribution in [-0.4, -0.2) is 17.3 Å². The molecule has 82 valence electrons. The Hall–Kier alpha value is -1.08. The van der Waals surface area contributed by atoms with Gasteiger partial charge in [-0.2, -0.15) is 0 Å². The minimum absolute atomic E-state index is 0. The van der Waals surface area contributed by atoms with Crippen LogP contribution in [0.25, 0.3) is 10.4 Å². The Morgan fingerprint density at radius 1 is 1.31 bits per heavy atom. The summed E-state index contributed by atoms with van der Waals surface area (Å²) in [5, 5.41) is 11.8. The minimum atomic E-state index is -0.644. The number of aliphatic hydroxyl groups is 1. The molecule has 0 aliphatic carbocycles. The summed E-state index contributed by atoms with van der Waals surface area (Å²) in [5.74, 6) is 0. The van der Waals surface area contributed by atoms with Crippen molar-refractivity contribution in [3.63, 3.8) is 0 Å². The third kappa shape index (κ3) is 24.8. The average Bonchev–Trinajstić information content (AvgIpc) is 2.12. The third-order valence-corrected chi connectivity index (χ3v) is 0.702. The summed E-state index contributed by atoms with van der Waals surface area (Å²) < 4.78 is 32.0. The summed E-state index contributed by atoms with van der Waals surface area (Å²) >= 11 is 0. The summed E-state index contributed by atoms with van der Waals surface area (Å²) in [6.07, 6.45) is 0.